The van der Waals surface area contributed by atoms with Gasteiger partial charge in [0.15, 0.2) is 0 Å². The van der Waals surface area contributed by atoms with E-state index >= 15 is 0 Å². The zero-order valence-corrected chi connectivity index (χ0v) is 12.3. The van der Waals surface area contributed by atoms with Gasteiger partial charge in [0.25, 0.3) is 0 Å². The van der Waals surface area contributed by atoms with Crippen LogP contribution in [0.1, 0.15) is 0 Å². The number of hydrogen-bond acceptors (Lipinski definition) is 5. The van der Waals surface area contributed by atoms with Gasteiger partial charge in [0.05, 0.1) is 23.3 Å². The van der Waals surface area contributed by atoms with E-state index in [1.54, 1.807) is 30.9 Å². The third-order valence-corrected chi connectivity index (χ3v) is 3.00. The molecular formula is C18H14N4O. The molecule has 0 spiro atoms. The smallest absolute Gasteiger partial charge is 0.123 e. The molecule has 4 aromatic heterocycles. The monoisotopic (exact) mass is 302 g/mol. The summed E-state index contributed by atoms with van der Waals surface area (Å²) >= 11 is 0. The number of aromatic nitrogens is 4. The molecule has 0 atom stereocenters. The molecule has 23 heavy (non-hydrogen) atoms. The second-order valence-electron chi connectivity index (χ2n) is 4.52. The van der Waals surface area contributed by atoms with Crippen molar-refractivity contribution in [2.45, 2.75) is 0 Å². The lowest BCUT2D eigenvalue weighted by molar-refractivity contribution is 0.420. The van der Waals surface area contributed by atoms with E-state index in [2.05, 4.69) is 24.6 Å². The van der Waals surface area contributed by atoms with Crippen LogP contribution >= 0.6 is 0 Å². The van der Waals surface area contributed by atoms with Crippen LogP contribution in [0.5, 0.6) is 0 Å². The van der Waals surface area contributed by atoms with Crippen molar-refractivity contribution >= 4 is 0 Å². The minimum absolute atomic E-state index is 0.858. The lowest BCUT2D eigenvalue weighted by atomic mass is 10.1. The van der Waals surface area contributed by atoms with Crippen LogP contribution in [0.25, 0.3) is 22.6 Å². The first-order valence-corrected chi connectivity index (χ1v) is 7.07. The molecule has 0 amide bonds. The molecule has 0 aromatic carbocycles. The van der Waals surface area contributed by atoms with Gasteiger partial charge >= 0.3 is 0 Å². The summed E-state index contributed by atoms with van der Waals surface area (Å²) in [7, 11) is 0. The Hall–Kier alpha value is -3.34. The molecule has 112 valence electrons. The summed E-state index contributed by atoms with van der Waals surface area (Å²) < 4.78 is 4.33. The summed E-state index contributed by atoms with van der Waals surface area (Å²) in [4.78, 5) is 13.1. The summed E-state index contributed by atoms with van der Waals surface area (Å²) in [5.74, 6) is 0. The number of hydrogen-bond donors (Lipinski definition) is 0. The van der Waals surface area contributed by atoms with Crippen molar-refractivity contribution in [3.63, 3.8) is 0 Å². The summed E-state index contributed by atoms with van der Waals surface area (Å²) in [5, 5.41) is 3.35. The van der Waals surface area contributed by atoms with Crippen LogP contribution in [0.4, 0.5) is 0 Å². The maximum atomic E-state index is 4.42. The van der Waals surface area contributed by atoms with E-state index in [0.717, 1.165) is 22.6 Å². The molecule has 0 saturated heterocycles. The van der Waals surface area contributed by atoms with E-state index < -0.39 is 0 Å². The SMILES string of the molecule is c1ccc(-c2cccnc2-c2ccccn2)nc1.c1cnoc1. The standard InChI is InChI=1S/C15H11N3.C3H3NO/c1-3-9-16-13(7-1)12-6-5-11-18-15(12)14-8-2-4-10-17-14;1-2-4-5-3-1/h1-11H;1-3H. The number of pyridine rings is 3. The highest BCUT2D eigenvalue weighted by atomic mass is 16.5. The molecule has 4 heterocycles. The van der Waals surface area contributed by atoms with Crippen molar-refractivity contribution < 1.29 is 4.52 Å². The number of rotatable bonds is 2. The van der Waals surface area contributed by atoms with E-state index in [4.69, 9.17) is 0 Å². The van der Waals surface area contributed by atoms with E-state index in [1.165, 1.54) is 6.26 Å². The normalized spacial score (nSPS) is 9.74. The van der Waals surface area contributed by atoms with Crippen LogP contribution in [0, 0.1) is 0 Å². The third kappa shape index (κ3) is 3.85. The lowest BCUT2D eigenvalue weighted by Crippen LogP contribution is -1.92. The summed E-state index contributed by atoms with van der Waals surface area (Å²) in [6.45, 7) is 0. The molecule has 0 unspecified atom stereocenters. The minimum atomic E-state index is 0.858. The van der Waals surface area contributed by atoms with Crippen LogP contribution in [0.15, 0.2) is 90.2 Å². The molecule has 0 radical (unpaired) electrons. The average molecular weight is 302 g/mol. The van der Waals surface area contributed by atoms with Gasteiger partial charge in [-0.05, 0) is 42.5 Å². The quantitative estimate of drug-likeness (QED) is 0.562. The fourth-order valence-corrected chi connectivity index (χ4v) is 2.02. The Morgan fingerprint density at radius 3 is 1.91 bits per heavy atom. The van der Waals surface area contributed by atoms with E-state index in [1.807, 2.05) is 48.5 Å². The minimum Gasteiger partial charge on any atom is -0.365 e. The number of nitrogens with zero attached hydrogens (tertiary/aromatic N) is 4. The Kier molecular flexibility index (Phi) is 4.83. The average Bonchev–Trinajstić information content (AvgIpc) is 3.23. The molecule has 0 aliphatic carbocycles. The molecular weight excluding hydrogens is 288 g/mol. The van der Waals surface area contributed by atoms with Gasteiger partial charge in [-0.15, -0.1) is 0 Å². The summed E-state index contributed by atoms with van der Waals surface area (Å²) in [6, 6.07) is 17.3. The Morgan fingerprint density at radius 1 is 0.609 bits per heavy atom. The zero-order chi connectivity index (χ0) is 15.7. The fourth-order valence-electron chi connectivity index (χ4n) is 2.02. The maximum Gasteiger partial charge on any atom is 0.123 e. The largest absolute Gasteiger partial charge is 0.365 e. The van der Waals surface area contributed by atoms with Gasteiger partial charge in [0, 0.05) is 24.2 Å². The van der Waals surface area contributed by atoms with E-state index in [9.17, 15) is 0 Å². The van der Waals surface area contributed by atoms with Crippen molar-refractivity contribution in [2.24, 2.45) is 0 Å². The van der Waals surface area contributed by atoms with Crippen LogP contribution < -0.4 is 0 Å². The summed E-state index contributed by atoms with van der Waals surface area (Å²) in [6.07, 6.45) is 8.42. The highest BCUT2D eigenvalue weighted by molar-refractivity contribution is 5.76. The van der Waals surface area contributed by atoms with Gasteiger partial charge in [-0.1, -0.05) is 17.3 Å². The molecule has 4 rings (SSSR count). The van der Waals surface area contributed by atoms with E-state index in [-0.39, 0.29) is 0 Å². The van der Waals surface area contributed by atoms with Gasteiger partial charge in [0.2, 0.25) is 0 Å². The second kappa shape index (κ2) is 7.61. The zero-order valence-electron chi connectivity index (χ0n) is 12.3. The predicted octanol–water partition coefficient (Wildman–Crippen LogP) is 3.88. The second-order valence-corrected chi connectivity index (χ2v) is 4.52. The fraction of sp³-hybridized carbons (Fsp3) is 0. The summed E-state index contributed by atoms with van der Waals surface area (Å²) in [5.41, 5.74) is 3.62. The van der Waals surface area contributed by atoms with E-state index in [0.29, 0.717) is 0 Å². The first-order chi connectivity index (χ1) is 11.4. The topological polar surface area (TPSA) is 64.7 Å². The molecule has 5 heteroatoms. The van der Waals surface area contributed by atoms with Gasteiger partial charge < -0.3 is 4.52 Å². The first-order valence-electron chi connectivity index (χ1n) is 7.07. The van der Waals surface area contributed by atoms with Gasteiger partial charge in [-0.3, -0.25) is 15.0 Å². The Morgan fingerprint density at radius 2 is 1.35 bits per heavy atom. The first kappa shape index (κ1) is 14.6. The van der Waals surface area contributed by atoms with Crippen molar-refractivity contribution in [1.29, 1.82) is 0 Å². The molecule has 0 aliphatic rings. The molecule has 0 N–H and O–H groups in total. The van der Waals surface area contributed by atoms with Crippen LogP contribution in [-0.2, 0) is 0 Å². The van der Waals surface area contributed by atoms with Crippen molar-refractivity contribution in [2.75, 3.05) is 0 Å². The molecule has 5 nitrogen and oxygen atoms in total. The van der Waals surface area contributed by atoms with Crippen LogP contribution in [0.3, 0.4) is 0 Å². The molecule has 0 fully saturated rings. The molecule has 4 aromatic rings. The van der Waals surface area contributed by atoms with Crippen LogP contribution in [0.2, 0.25) is 0 Å². The van der Waals surface area contributed by atoms with Gasteiger partial charge in [-0.2, -0.15) is 0 Å². The van der Waals surface area contributed by atoms with Crippen LogP contribution in [-0.4, -0.2) is 20.1 Å². The van der Waals surface area contributed by atoms with Gasteiger partial charge in [0.1, 0.15) is 6.26 Å². The Bertz CT molecular complexity index is 742. The molecule has 0 saturated carbocycles. The predicted molar refractivity (Wildman–Crippen MR) is 87.2 cm³/mol. The Labute approximate surface area is 133 Å². The molecule has 0 bridgehead atoms. The maximum absolute atomic E-state index is 4.42. The highest BCUT2D eigenvalue weighted by Gasteiger charge is 2.09. The van der Waals surface area contributed by atoms with Crippen molar-refractivity contribution in [3.8, 4) is 22.6 Å². The van der Waals surface area contributed by atoms with Crippen molar-refractivity contribution in [3.05, 3.63) is 85.6 Å². The lowest BCUT2D eigenvalue weighted by Gasteiger charge is -2.06. The third-order valence-electron chi connectivity index (χ3n) is 3.00. The highest BCUT2D eigenvalue weighted by Crippen LogP contribution is 2.26. The Balaban J connectivity index is 0.000000267. The molecule has 0 aliphatic heterocycles. The van der Waals surface area contributed by atoms with Gasteiger partial charge in [-0.25, -0.2) is 0 Å². The van der Waals surface area contributed by atoms with Crippen molar-refractivity contribution in [1.82, 2.24) is 20.1 Å².